The number of nitrogens with one attached hydrogen (secondary N) is 2. The van der Waals surface area contributed by atoms with Gasteiger partial charge >= 0.3 is 0 Å². The third kappa shape index (κ3) is 4.72. The quantitative estimate of drug-likeness (QED) is 0.451. The zero-order valence-electron chi connectivity index (χ0n) is 14.5. The van der Waals surface area contributed by atoms with Crippen LogP contribution in [0.3, 0.4) is 0 Å². The standard InChI is InChI=1S/C17H10Cl2FN3O2.C2H6/c18-11-3-4-12(19)15(20)14(11)16(24)9-6-13(22-7-9)17(25)23-10-2-1-5-21-8-10;1-2/h1-8,22H,(H,23,25);1-2H3. The van der Waals surface area contributed by atoms with Crippen LogP contribution in [0.2, 0.25) is 10.0 Å². The van der Waals surface area contributed by atoms with Crippen LogP contribution in [0.5, 0.6) is 0 Å². The summed E-state index contributed by atoms with van der Waals surface area (Å²) in [7, 11) is 0. The summed E-state index contributed by atoms with van der Waals surface area (Å²) in [5, 5.41) is 2.35. The molecule has 1 amide bonds. The van der Waals surface area contributed by atoms with Crippen molar-refractivity contribution >= 4 is 40.6 Å². The highest BCUT2D eigenvalue weighted by molar-refractivity contribution is 6.37. The van der Waals surface area contributed by atoms with Crippen molar-refractivity contribution in [1.82, 2.24) is 9.97 Å². The SMILES string of the molecule is CC.O=C(Nc1cccnc1)c1cc(C(=O)c2c(Cl)ccc(Cl)c2F)c[nH]1. The maximum Gasteiger partial charge on any atom is 0.272 e. The molecule has 2 aromatic heterocycles. The molecule has 0 saturated carbocycles. The van der Waals surface area contributed by atoms with Gasteiger partial charge in [-0.1, -0.05) is 37.0 Å². The average molecular weight is 408 g/mol. The second kappa shape index (κ2) is 9.30. The second-order valence-corrected chi connectivity index (χ2v) is 5.86. The van der Waals surface area contributed by atoms with Crippen LogP contribution in [0.4, 0.5) is 10.1 Å². The number of nitrogens with zero attached hydrogens (tertiary/aromatic N) is 1. The van der Waals surface area contributed by atoms with E-state index in [4.69, 9.17) is 23.2 Å². The van der Waals surface area contributed by atoms with E-state index in [2.05, 4.69) is 15.3 Å². The number of benzene rings is 1. The van der Waals surface area contributed by atoms with Crippen LogP contribution >= 0.6 is 23.2 Å². The molecule has 2 heterocycles. The second-order valence-electron chi connectivity index (χ2n) is 5.05. The Morgan fingerprint density at radius 1 is 1.15 bits per heavy atom. The van der Waals surface area contributed by atoms with E-state index < -0.39 is 17.5 Å². The molecular weight excluding hydrogens is 392 g/mol. The number of rotatable bonds is 4. The molecule has 8 heteroatoms. The summed E-state index contributed by atoms with van der Waals surface area (Å²) in [6, 6.07) is 7.25. The Kier molecular flexibility index (Phi) is 7.10. The van der Waals surface area contributed by atoms with Crippen molar-refractivity contribution < 1.29 is 14.0 Å². The van der Waals surface area contributed by atoms with Gasteiger partial charge in [-0.3, -0.25) is 14.6 Å². The number of carbonyl (C=O) groups is 2. The van der Waals surface area contributed by atoms with Crippen molar-refractivity contribution in [2.24, 2.45) is 0 Å². The van der Waals surface area contributed by atoms with Crippen LogP contribution < -0.4 is 5.32 Å². The number of hydrogen-bond acceptors (Lipinski definition) is 3. The summed E-state index contributed by atoms with van der Waals surface area (Å²) in [6.45, 7) is 4.00. The molecular formula is C19H16Cl2FN3O2. The van der Waals surface area contributed by atoms with Crippen LogP contribution in [0.15, 0.2) is 48.9 Å². The number of amides is 1. The van der Waals surface area contributed by atoms with E-state index in [0.717, 1.165) is 0 Å². The van der Waals surface area contributed by atoms with Crippen LogP contribution in [0.1, 0.15) is 40.3 Å². The summed E-state index contributed by atoms with van der Waals surface area (Å²) < 4.78 is 14.1. The fraction of sp³-hybridized carbons (Fsp3) is 0.105. The zero-order chi connectivity index (χ0) is 20.0. The molecule has 0 bridgehead atoms. The fourth-order valence-corrected chi connectivity index (χ4v) is 2.56. The molecule has 0 unspecified atom stereocenters. The Morgan fingerprint density at radius 3 is 2.52 bits per heavy atom. The van der Waals surface area contributed by atoms with E-state index in [1.54, 1.807) is 18.3 Å². The van der Waals surface area contributed by atoms with Gasteiger partial charge in [0.25, 0.3) is 5.91 Å². The number of aromatic amines is 1. The molecule has 3 rings (SSSR count). The summed E-state index contributed by atoms with van der Waals surface area (Å²) >= 11 is 11.6. The number of halogens is 3. The molecule has 0 aliphatic rings. The highest BCUT2D eigenvalue weighted by Crippen LogP contribution is 2.28. The van der Waals surface area contributed by atoms with Gasteiger partial charge in [0.1, 0.15) is 5.69 Å². The molecule has 0 spiro atoms. The number of aromatic nitrogens is 2. The lowest BCUT2D eigenvalue weighted by atomic mass is 10.0. The van der Waals surface area contributed by atoms with Crippen molar-refractivity contribution in [2.45, 2.75) is 13.8 Å². The first-order chi connectivity index (χ1) is 13.0. The highest BCUT2D eigenvalue weighted by atomic mass is 35.5. The van der Waals surface area contributed by atoms with E-state index >= 15 is 0 Å². The first-order valence-electron chi connectivity index (χ1n) is 8.05. The number of carbonyl (C=O) groups excluding carboxylic acids is 2. The van der Waals surface area contributed by atoms with Gasteiger partial charge in [0, 0.05) is 18.0 Å². The first-order valence-corrected chi connectivity index (χ1v) is 8.81. The minimum absolute atomic E-state index is 0.0607. The molecule has 1 aromatic carbocycles. The van der Waals surface area contributed by atoms with Gasteiger partial charge in [-0.15, -0.1) is 0 Å². The zero-order valence-corrected chi connectivity index (χ0v) is 16.0. The number of anilines is 1. The lowest BCUT2D eigenvalue weighted by molar-refractivity contribution is 0.102. The highest BCUT2D eigenvalue weighted by Gasteiger charge is 2.22. The van der Waals surface area contributed by atoms with Crippen LogP contribution in [0, 0.1) is 5.82 Å². The van der Waals surface area contributed by atoms with Crippen molar-refractivity contribution in [3.8, 4) is 0 Å². The van der Waals surface area contributed by atoms with Gasteiger partial charge in [0.2, 0.25) is 0 Å². The van der Waals surface area contributed by atoms with Gasteiger partial charge in [0.05, 0.1) is 27.5 Å². The Balaban J connectivity index is 0.00000126. The normalized spacial score (nSPS) is 9.96. The van der Waals surface area contributed by atoms with Gasteiger partial charge in [-0.05, 0) is 30.3 Å². The maximum absolute atomic E-state index is 14.1. The largest absolute Gasteiger partial charge is 0.356 e. The van der Waals surface area contributed by atoms with Crippen LogP contribution in [-0.2, 0) is 0 Å². The third-order valence-corrected chi connectivity index (χ3v) is 3.99. The molecule has 140 valence electrons. The Hall–Kier alpha value is -2.70. The van der Waals surface area contributed by atoms with Gasteiger partial charge < -0.3 is 10.3 Å². The monoisotopic (exact) mass is 407 g/mol. The molecule has 27 heavy (non-hydrogen) atoms. The van der Waals surface area contributed by atoms with Gasteiger partial charge in [0.15, 0.2) is 11.6 Å². The van der Waals surface area contributed by atoms with E-state index in [1.165, 1.54) is 30.6 Å². The Bertz CT molecular complexity index is 959. The topological polar surface area (TPSA) is 74.8 Å². The van der Waals surface area contributed by atoms with E-state index in [-0.39, 0.29) is 26.9 Å². The molecule has 3 aromatic rings. The molecule has 0 saturated heterocycles. The summed E-state index contributed by atoms with van der Waals surface area (Å²) in [4.78, 5) is 31.2. The Morgan fingerprint density at radius 2 is 1.85 bits per heavy atom. The number of H-pyrrole nitrogens is 1. The number of pyridine rings is 1. The molecule has 0 atom stereocenters. The predicted octanol–water partition coefficient (Wildman–Crippen LogP) is 5.37. The van der Waals surface area contributed by atoms with Crippen molar-refractivity contribution in [3.05, 3.63) is 81.6 Å². The lowest BCUT2D eigenvalue weighted by Crippen LogP contribution is -2.12. The van der Waals surface area contributed by atoms with Crippen molar-refractivity contribution in [3.63, 3.8) is 0 Å². The molecule has 0 aliphatic carbocycles. The van der Waals surface area contributed by atoms with Crippen molar-refractivity contribution in [2.75, 3.05) is 5.32 Å². The van der Waals surface area contributed by atoms with E-state index in [1.807, 2.05) is 13.8 Å². The van der Waals surface area contributed by atoms with E-state index in [0.29, 0.717) is 5.69 Å². The number of ketones is 1. The lowest BCUT2D eigenvalue weighted by Gasteiger charge is -2.05. The summed E-state index contributed by atoms with van der Waals surface area (Å²) in [5.74, 6) is -2.05. The minimum Gasteiger partial charge on any atom is -0.356 e. The summed E-state index contributed by atoms with van der Waals surface area (Å²) in [6.07, 6.45) is 4.36. The molecule has 5 nitrogen and oxygen atoms in total. The predicted molar refractivity (Wildman–Crippen MR) is 104 cm³/mol. The van der Waals surface area contributed by atoms with Crippen molar-refractivity contribution in [1.29, 1.82) is 0 Å². The molecule has 2 N–H and O–H groups in total. The summed E-state index contributed by atoms with van der Waals surface area (Å²) in [5.41, 5.74) is 0.372. The first kappa shape index (κ1) is 20.6. The number of hydrogen-bond donors (Lipinski definition) is 2. The van der Waals surface area contributed by atoms with Crippen LogP contribution in [0.25, 0.3) is 0 Å². The van der Waals surface area contributed by atoms with Gasteiger partial charge in [-0.25, -0.2) is 4.39 Å². The molecule has 0 fully saturated rings. The average Bonchev–Trinajstić information content (AvgIpc) is 3.18. The van der Waals surface area contributed by atoms with Gasteiger partial charge in [-0.2, -0.15) is 0 Å². The third-order valence-electron chi connectivity index (χ3n) is 3.38. The van der Waals surface area contributed by atoms with E-state index in [9.17, 15) is 14.0 Å². The minimum atomic E-state index is -0.901. The smallest absolute Gasteiger partial charge is 0.272 e. The Labute approximate surface area is 165 Å². The molecule has 0 aliphatic heterocycles. The molecule has 0 radical (unpaired) electrons. The fourth-order valence-electron chi connectivity index (χ4n) is 2.17. The maximum atomic E-state index is 14.1. The van der Waals surface area contributed by atoms with Crippen LogP contribution in [-0.4, -0.2) is 21.7 Å².